The van der Waals surface area contributed by atoms with E-state index in [0.29, 0.717) is 11.3 Å². The summed E-state index contributed by atoms with van der Waals surface area (Å²) in [4.78, 5) is 16.5. The topological polar surface area (TPSA) is 103 Å². The van der Waals surface area contributed by atoms with Gasteiger partial charge in [-0.3, -0.25) is 5.10 Å². The highest BCUT2D eigenvalue weighted by Crippen LogP contribution is 2.21. The lowest BCUT2D eigenvalue weighted by Crippen LogP contribution is -2.07. The molecule has 8 heteroatoms. The van der Waals surface area contributed by atoms with Gasteiger partial charge in [-0.05, 0) is 30.3 Å². The van der Waals surface area contributed by atoms with E-state index in [-0.39, 0.29) is 18.1 Å². The molecule has 4 aromatic rings. The summed E-state index contributed by atoms with van der Waals surface area (Å²) in [6.07, 6.45) is 0. The summed E-state index contributed by atoms with van der Waals surface area (Å²) in [6, 6.07) is 14.5. The second kappa shape index (κ2) is 6.67. The van der Waals surface area contributed by atoms with Crippen LogP contribution in [0.4, 0.5) is 0 Å². The van der Waals surface area contributed by atoms with Crippen LogP contribution in [0, 0.1) is 0 Å². The van der Waals surface area contributed by atoms with Crippen molar-refractivity contribution in [2.75, 3.05) is 7.11 Å². The number of rotatable bonds is 5. The van der Waals surface area contributed by atoms with E-state index in [1.165, 1.54) is 0 Å². The lowest BCUT2D eigenvalue weighted by Gasteiger charge is -1.99. The Hall–Kier alpha value is -3.68. The highest BCUT2D eigenvalue weighted by Gasteiger charge is 2.17. The molecule has 26 heavy (non-hydrogen) atoms. The Bertz CT molecular complexity index is 1050. The van der Waals surface area contributed by atoms with Gasteiger partial charge >= 0.3 is 5.97 Å². The van der Waals surface area contributed by atoms with Crippen molar-refractivity contribution < 1.29 is 18.8 Å². The molecule has 0 fully saturated rings. The van der Waals surface area contributed by atoms with E-state index < -0.39 is 5.97 Å². The first-order valence-corrected chi connectivity index (χ1v) is 7.82. The number of hydrogen-bond donors (Lipinski definition) is 1. The molecule has 0 saturated heterocycles. The zero-order chi connectivity index (χ0) is 17.9. The van der Waals surface area contributed by atoms with E-state index in [9.17, 15) is 4.79 Å². The van der Waals surface area contributed by atoms with Gasteiger partial charge in [-0.2, -0.15) is 10.1 Å². The molecule has 1 N–H and O–H groups in total. The van der Waals surface area contributed by atoms with E-state index in [0.717, 1.165) is 16.8 Å². The first kappa shape index (κ1) is 15.8. The Morgan fingerprint density at radius 3 is 2.77 bits per heavy atom. The van der Waals surface area contributed by atoms with Crippen molar-refractivity contribution in [1.29, 1.82) is 0 Å². The summed E-state index contributed by atoms with van der Waals surface area (Å²) in [6.45, 7) is -0.111. The van der Waals surface area contributed by atoms with Crippen LogP contribution in [0.15, 0.2) is 53.1 Å². The van der Waals surface area contributed by atoms with Crippen molar-refractivity contribution in [1.82, 2.24) is 20.3 Å². The highest BCUT2D eigenvalue weighted by molar-refractivity contribution is 6.01. The Labute approximate surface area is 147 Å². The van der Waals surface area contributed by atoms with Crippen LogP contribution in [0.2, 0.25) is 0 Å². The Balaban J connectivity index is 1.45. The molecule has 0 aliphatic heterocycles. The second-order valence-electron chi connectivity index (χ2n) is 5.44. The van der Waals surface area contributed by atoms with Crippen molar-refractivity contribution in [3.8, 4) is 17.2 Å². The maximum absolute atomic E-state index is 12.2. The van der Waals surface area contributed by atoms with Gasteiger partial charge in [0.1, 0.15) is 5.75 Å². The number of fused-ring (bicyclic) bond motifs is 1. The number of para-hydroxylation sites is 1. The molecule has 4 rings (SSSR count). The fourth-order valence-corrected chi connectivity index (χ4v) is 2.48. The molecule has 0 bridgehead atoms. The van der Waals surface area contributed by atoms with Crippen molar-refractivity contribution in [2.45, 2.75) is 6.61 Å². The molecule has 2 heterocycles. The number of hydrogen-bond acceptors (Lipinski definition) is 7. The third kappa shape index (κ3) is 3.00. The summed E-state index contributed by atoms with van der Waals surface area (Å²) >= 11 is 0. The fraction of sp³-hybridized carbons (Fsp3) is 0.111. The van der Waals surface area contributed by atoms with Gasteiger partial charge in [0, 0.05) is 10.9 Å². The summed E-state index contributed by atoms with van der Waals surface area (Å²) in [5, 5.41) is 11.3. The van der Waals surface area contributed by atoms with Gasteiger partial charge in [0.25, 0.3) is 5.89 Å². The van der Waals surface area contributed by atoms with Crippen molar-refractivity contribution in [3.63, 3.8) is 0 Å². The third-order valence-electron chi connectivity index (χ3n) is 3.80. The normalized spacial score (nSPS) is 10.8. The van der Waals surface area contributed by atoms with Crippen LogP contribution >= 0.6 is 0 Å². The Morgan fingerprint density at radius 2 is 1.96 bits per heavy atom. The van der Waals surface area contributed by atoms with Gasteiger partial charge in [0.15, 0.2) is 12.3 Å². The molecule has 0 radical (unpaired) electrons. The molecule has 2 aromatic heterocycles. The van der Waals surface area contributed by atoms with Crippen LogP contribution < -0.4 is 4.74 Å². The molecule has 0 amide bonds. The number of nitrogens with zero attached hydrogens (tertiary/aromatic N) is 3. The number of methoxy groups -OCH3 is 1. The third-order valence-corrected chi connectivity index (χ3v) is 3.80. The van der Waals surface area contributed by atoms with E-state index in [2.05, 4.69) is 20.3 Å². The minimum Gasteiger partial charge on any atom is -0.497 e. The minimum atomic E-state index is -0.557. The lowest BCUT2D eigenvalue weighted by molar-refractivity contribution is 0.0455. The number of nitrogens with one attached hydrogen (secondary N) is 1. The predicted molar refractivity (Wildman–Crippen MR) is 91.5 cm³/mol. The fourth-order valence-electron chi connectivity index (χ4n) is 2.48. The SMILES string of the molecule is COc1ccc(-c2nc(COC(=O)c3n[nH]c4ccccc34)no2)cc1. The second-order valence-corrected chi connectivity index (χ2v) is 5.44. The summed E-state index contributed by atoms with van der Waals surface area (Å²) in [5.41, 5.74) is 1.73. The van der Waals surface area contributed by atoms with Gasteiger partial charge in [-0.15, -0.1) is 0 Å². The predicted octanol–water partition coefficient (Wildman–Crippen LogP) is 2.98. The number of aromatic nitrogens is 4. The number of aromatic amines is 1. The van der Waals surface area contributed by atoms with Gasteiger partial charge in [0.2, 0.25) is 5.82 Å². The molecule has 0 unspecified atom stereocenters. The summed E-state index contributed by atoms with van der Waals surface area (Å²) in [7, 11) is 1.59. The summed E-state index contributed by atoms with van der Waals surface area (Å²) < 4.78 is 15.6. The molecular weight excluding hydrogens is 336 g/mol. The molecule has 130 valence electrons. The first-order chi connectivity index (χ1) is 12.7. The van der Waals surface area contributed by atoms with E-state index in [1.54, 1.807) is 37.4 Å². The zero-order valence-electron chi connectivity index (χ0n) is 13.8. The number of H-pyrrole nitrogens is 1. The van der Waals surface area contributed by atoms with Crippen LogP contribution in [0.3, 0.4) is 0 Å². The van der Waals surface area contributed by atoms with E-state index in [1.807, 2.05) is 18.2 Å². The van der Waals surface area contributed by atoms with Crippen molar-refractivity contribution in [3.05, 3.63) is 60.0 Å². The molecule has 2 aromatic carbocycles. The van der Waals surface area contributed by atoms with E-state index >= 15 is 0 Å². The van der Waals surface area contributed by atoms with Crippen LogP contribution in [0.1, 0.15) is 16.3 Å². The first-order valence-electron chi connectivity index (χ1n) is 7.82. The standard InChI is InChI=1S/C18H14N4O4/c1-24-12-8-6-11(7-9-12)17-19-15(22-26-17)10-25-18(23)16-13-4-2-3-5-14(13)20-21-16/h2-9H,10H2,1H3,(H,20,21). The van der Waals surface area contributed by atoms with Crippen molar-refractivity contribution >= 4 is 16.9 Å². The molecule has 8 nitrogen and oxygen atoms in total. The molecule has 0 saturated carbocycles. The summed E-state index contributed by atoms with van der Waals surface area (Å²) in [5.74, 6) is 0.778. The number of carbonyl (C=O) groups excluding carboxylic acids is 1. The lowest BCUT2D eigenvalue weighted by atomic mass is 10.2. The van der Waals surface area contributed by atoms with E-state index in [4.69, 9.17) is 14.0 Å². The Kier molecular flexibility index (Phi) is 4.06. The number of esters is 1. The molecule has 0 atom stereocenters. The average Bonchev–Trinajstić information content (AvgIpc) is 3.33. The molecule has 0 aliphatic carbocycles. The smallest absolute Gasteiger partial charge is 0.359 e. The maximum atomic E-state index is 12.2. The molecular formula is C18H14N4O4. The highest BCUT2D eigenvalue weighted by atomic mass is 16.5. The monoisotopic (exact) mass is 350 g/mol. The van der Waals surface area contributed by atoms with Crippen LogP contribution in [-0.2, 0) is 11.3 Å². The molecule has 0 spiro atoms. The average molecular weight is 350 g/mol. The van der Waals surface area contributed by atoms with Crippen molar-refractivity contribution in [2.24, 2.45) is 0 Å². The largest absolute Gasteiger partial charge is 0.497 e. The van der Waals surface area contributed by atoms with Crippen LogP contribution in [-0.4, -0.2) is 33.4 Å². The van der Waals surface area contributed by atoms with Gasteiger partial charge in [0.05, 0.1) is 12.6 Å². The zero-order valence-corrected chi connectivity index (χ0v) is 13.8. The number of benzene rings is 2. The van der Waals surface area contributed by atoms with Gasteiger partial charge < -0.3 is 14.0 Å². The van der Waals surface area contributed by atoms with Gasteiger partial charge in [-0.1, -0.05) is 23.4 Å². The van der Waals surface area contributed by atoms with Crippen LogP contribution in [0.5, 0.6) is 5.75 Å². The number of carbonyl (C=O) groups is 1. The molecule has 0 aliphatic rings. The van der Waals surface area contributed by atoms with Crippen LogP contribution in [0.25, 0.3) is 22.4 Å². The Morgan fingerprint density at radius 1 is 1.15 bits per heavy atom. The minimum absolute atomic E-state index is 0.111. The number of ether oxygens (including phenoxy) is 2. The quantitative estimate of drug-likeness (QED) is 0.552. The van der Waals surface area contributed by atoms with Gasteiger partial charge in [-0.25, -0.2) is 4.79 Å². The maximum Gasteiger partial charge on any atom is 0.359 e.